The van der Waals surface area contributed by atoms with Crippen molar-refractivity contribution in [2.24, 2.45) is 10.9 Å². The van der Waals surface area contributed by atoms with Crippen molar-refractivity contribution in [3.63, 3.8) is 0 Å². The molecule has 2 aliphatic heterocycles. The van der Waals surface area contributed by atoms with Crippen LogP contribution in [0.15, 0.2) is 17.1 Å². The molecule has 1 saturated heterocycles. The Morgan fingerprint density at radius 1 is 1.41 bits per heavy atom. The lowest BCUT2D eigenvalue weighted by Gasteiger charge is -2.25. The summed E-state index contributed by atoms with van der Waals surface area (Å²) in [6.45, 7) is 8.08. The predicted molar refractivity (Wildman–Crippen MR) is 119 cm³/mol. The van der Waals surface area contributed by atoms with E-state index in [2.05, 4.69) is 41.3 Å². The summed E-state index contributed by atoms with van der Waals surface area (Å²) in [5.74, 6) is 3.37. The average Bonchev–Trinajstić information content (AvgIpc) is 3.24. The topological polar surface area (TPSA) is 55.3 Å². The van der Waals surface area contributed by atoms with Crippen molar-refractivity contribution in [2.45, 2.75) is 39.3 Å². The molecule has 6 nitrogen and oxygen atoms in total. The molecule has 27 heavy (non-hydrogen) atoms. The van der Waals surface area contributed by atoms with Gasteiger partial charge in [-0.1, -0.05) is 0 Å². The van der Waals surface area contributed by atoms with E-state index in [0.29, 0.717) is 19.1 Å². The molecule has 1 N–H and O–H groups in total. The molecule has 1 aromatic carbocycles. The number of benzene rings is 1. The van der Waals surface area contributed by atoms with Gasteiger partial charge in [0.2, 0.25) is 0 Å². The second kappa shape index (κ2) is 10.4. The van der Waals surface area contributed by atoms with Crippen LogP contribution in [0.25, 0.3) is 0 Å². The molecule has 2 heterocycles. The number of fused-ring (bicyclic) bond motifs is 1. The predicted octanol–water partition coefficient (Wildman–Crippen LogP) is 3.07. The molecule has 1 aromatic rings. The van der Waals surface area contributed by atoms with Gasteiger partial charge in [0.1, 0.15) is 17.6 Å². The first-order valence-electron chi connectivity index (χ1n) is 9.55. The van der Waals surface area contributed by atoms with Crippen LogP contribution in [0.1, 0.15) is 31.4 Å². The van der Waals surface area contributed by atoms with Gasteiger partial charge in [-0.25, -0.2) is 0 Å². The van der Waals surface area contributed by atoms with E-state index in [1.165, 1.54) is 5.56 Å². The SMILES string of the molecule is CCOc1cc2c(cc1CNC(=NC)N(C)CC1CCOC1)OC(C)C2.I. The van der Waals surface area contributed by atoms with Crippen LogP contribution < -0.4 is 14.8 Å². The number of aliphatic imine (C=N–C) groups is 1. The Bertz CT molecular complexity index is 648. The van der Waals surface area contributed by atoms with Crippen molar-refractivity contribution >= 4 is 29.9 Å². The van der Waals surface area contributed by atoms with E-state index in [1.54, 1.807) is 0 Å². The number of rotatable bonds is 6. The van der Waals surface area contributed by atoms with Gasteiger partial charge in [-0.2, -0.15) is 0 Å². The van der Waals surface area contributed by atoms with Crippen LogP contribution in [0.5, 0.6) is 11.5 Å². The fourth-order valence-corrected chi connectivity index (χ4v) is 3.67. The first kappa shape index (κ1) is 22.1. The molecule has 2 unspecified atom stereocenters. The largest absolute Gasteiger partial charge is 0.494 e. The standard InChI is InChI=1S/C20H31N3O3.HI/c1-5-25-18-9-16-8-14(2)26-19(16)10-17(18)11-22-20(21-3)23(4)12-15-6-7-24-13-15;/h9-10,14-15H,5-8,11-13H2,1-4H3,(H,21,22);1H. The molecule has 1 fully saturated rings. The third kappa shape index (κ3) is 5.63. The zero-order chi connectivity index (χ0) is 18.5. The van der Waals surface area contributed by atoms with E-state index in [0.717, 1.165) is 55.6 Å². The van der Waals surface area contributed by atoms with Gasteiger partial charge in [0.25, 0.3) is 0 Å². The van der Waals surface area contributed by atoms with E-state index in [-0.39, 0.29) is 30.1 Å². The van der Waals surface area contributed by atoms with Crippen LogP contribution in [-0.2, 0) is 17.7 Å². The Morgan fingerprint density at radius 3 is 2.89 bits per heavy atom. The molecule has 0 spiro atoms. The van der Waals surface area contributed by atoms with Crippen molar-refractivity contribution in [2.75, 3.05) is 40.5 Å². The molecule has 7 heteroatoms. The van der Waals surface area contributed by atoms with Gasteiger partial charge in [0, 0.05) is 57.3 Å². The molecule has 152 valence electrons. The molecule has 2 atom stereocenters. The summed E-state index contributed by atoms with van der Waals surface area (Å²) in [7, 11) is 3.89. The van der Waals surface area contributed by atoms with Gasteiger partial charge < -0.3 is 24.4 Å². The number of nitrogens with zero attached hydrogens (tertiary/aromatic N) is 2. The van der Waals surface area contributed by atoms with Gasteiger partial charge in [-0.15, -0.1) is 24.0 Å². The monoisotopic (exact) mass is 489 g/mol. The zero-order valence-electron chi connectivity index (χ0n) is 16.8. The van der Waals surface area contributed by atoms with Gasteiger partial charge in [0.05, 0.1) is 13.2 Å². The highest BCUT2D eigenvalue weighted by atomic mass is 127. The third-order valence-electron chi connectivity index (χ3n) is 4.95. The maximum Gasteiger partial charge on any atom is 0.193 e. The normalized spacial score (nSPS) is 21.3. The molecule has 2 aliphatic rings. The van der Waals surface area contributed by atoms with Gasteiger partial charge in [0.15, 0.2) is 5.96 Å². The number of hydrogen-bond acceptors (Lipinski definition) is 4. The Kier molecular flexibility index (Phi) is 8.47. The lowest BCUT2D eigenvalue weighted by molar-refractivity contribution is 0.181. The summed E-state index contributed by atoms with van der Waals surface area (Å²) in [6, 6.07) is 4.23. The number of nitrogens with one attached hydrogen (secondary N) is 1. The third-order valence-corrected chi connectivity index (χ3v) is 4.95. The van der Waals surface area contributed by atoms with Gasteiger partial charge in [-0.05, 0) is 32.4 Å². The Balaban J connectivity index is 0.00000261. The molecule has 0 bridgehead atoms. The highest BCUT2D eigenvalue weighted by Gasteiger charge is 2.23. The molecular weight excluding hydrogens is 457 g/mol. The maximum atomic E-state index is 5.91. The number of ether oxygens (including phenoxy) is 3. The zero-order valence-corrected chi connectivity index (χ0v) is 19.1. The first-order chi connectivity index (χ1) is 12.6. The number of guanidine groups is 1. The van der Waals surface area contributed by atoms with Crippen molar-refractivity contribution < 1.29 is 14.2 Å². The van der Waals surface area contributed by atoms with E-state index < -0.39 is 0 Å². The van der Waals surface area contributed by atoms with Crippen molar-refractivity contribution in [1.29, 1.82) is 0 Å². The summed E-state index contributed by atoms with van der Waals surface area (Å²) in [6.07, 6.45) is 2.29. The van der Waals surface area contributed by atoms with Gasteiger partial charge >= 0.3 is 0 Å². The van der Waals surface area contributed by atoms with Crippen LogP contribution in [0.3, 0.4) is 0 Å². The van der Waals surface area contributed by atoms with Crippen molar-refractivity contribution in [1.82, 2.24) is 10.2 Å². The molecule has 0 radical (unpaired) electrons. The van der Waals surface area contributed by atoms with Gasteiger partial charge in [-0.3, -0.25) is 4.99 Å². The van der Waals surface area contributed by atoms with E-state index >= 15 is 0 Å². The van der Waals surface area contributed by atoms with Crippen LogP contribution in [0.2, 0.25) is 0 Å². The van der Waals surface area contributed by atoms with E-state index in [4.69, 9.17) is 14.2 Å². The minimum atomic E-state index is 0. The Labute approximate surface area is 179 Å². The van der Waals surface area contributed by atoms with Crippen LogP contribution in [-0.4, -0.2) is 57.4 Å². The van der Waals surface area contributed by atoms with E-state index in [1.807, 2.05) is 14.0 Å². The lowest BCUT2D eigenvalue weighted by atomic mass is 10.1. The summed E-state index contributed by atoms with van der Waals surface area (Å²) in [5.41, 5.74) is 2.32. The quantitative estimate of drug-likeness (QED) is 0.378. The van der Waals surface area contributed by atoms with Crippen molar-refractivity contribution in [3.8, 4) is 11.5 Å². The summed E-state index contributed by atoms with van der Waals surface area (Å²) >= 11 is 0. The maximum absolute atomic E-state index is 5.91. The average molecular weight is 489 g/mol. The highest BCUT2D eigenvalue weighted by Crippen LogP contribution is 2.35. The molecule has 0 aromatic heterocycles. The lowest BCUT2D eigenvalue weighted by Crippen LogP contribution is -2.41. The second-order valence-corrected chi connectivity index (χ2v) is 7.14. The molecule has 0 amide bonds. The molecular formula is C20H32IN3O3. The van der Waals surface area contributed by atoms with Crippen LogP contribution in [0, 0.1) is 5.92 Å². The van der Waals surface area contributed by atoms with Crippen molar-refractivity contribution in [3.05, 3.63) is 23.3 Å². The van der Waals surface area contributed by atoms with Crippen LogP contribution in [0.4, 0.5) is 0 Å². The Morgan fingerprint density at radius 2 is 2.22 bits per heavy atom. The van der Waals surface area contributed by atoms with Crippen LogP contribution >= 0.6 is 24.0 Å². The summed E-state index contributed by atoms with van der Waals surface area (Å²) in [5, 5.41) is 3.46. The van der Waals surface area contributed by atoms with E-state index in [9.17, 15) is 0 Å². The number of halogens is 1. The molecule has 0 saturated carbocycles. The smallest absolute Gasteiger partial charge is 0.193 e. The fraction of sp³-hybridized carbons (Fsp3) is 0.650. The molecule has 0 aliphatic carbocycles. The number of hydrogen-bond donors (Lipinski definition) is 1. The minimum absolute atomic E-state index is 0. The second-order valence-electron chi connectivity index (χ2n) is 7.14. The first-order valence-corrected chi connectivity index (χ1v) is 9.55. The summed E-state index contributed by atoms with van der Waals surface area (Å²) < 4.78 is 17.3. The minimum Gasteiger partial charge on any atom is -0.494 e. The molecule has 3 rings (SSSR count). The Hall–Kier alpha value is -1.22. The summed E-state index contributed by atoms with van der Waals surface area (Å²) in [4.78, 5) is 6.60. The fourth-order valence-electron chi connectivity index (χ4n) is 3.67. The highest BCUT2D eigenvalue weighted by molar-refractivity contribution is 14.0.